The first-order valence-electron chi connectivity index (χ1n) is 9.32. The standard InChI is InChI=1S/C19H21FN4OS/c20-15-2-1-3-16(7-15)24-18(21-22-23-24)26-11-17(25)19-8-12-4-13(9-19)6-14(5-12)10-19/h1-3,7,12-14H,4-6,8-11H2. The van der Waals surface area contributed by atoms with E-state index in [0.29, 0.717) is 22.4 Å². The molecule has 0 spiro atoms. The average Bonchev–Trinajstić information content (AvgIpc) is 3.07. The lowest BCUT2D eigenvalue weighted by Crippen LogP contribution is -2.50. The Hall–Kier alpha value is -1.76. The van der Waals surface area contributed by atoms with Gasteiger partial charge in [0, 0.05) is 5.41 Å². The molecular weight excluding hydrogens is 351 g/mol. The molecule has 7 heteroatoms. The summed E-state index contributed by atoms with van der Waals surface area (Å²) in [6.45, 7) is 0. The van der Waals surface area contributed by atoms with Gasteiger partial charge < -0.3 is 0 Å². The number of rotatable bonds is 5. The molecule has 1 aromatic heterocycles. The van der Waals surface area contributed by atoms with Gasteiger partial charge in [-0.15, -0.1) is 5.10 Å². The second-order valence-corrected chi connectivity index (χ2v) is 9.21. The van der Waals surface area contributed by atoms with Crippen LogP contribution in [0.1, 0.15) is 38.5 Å². The maximum absolute atomic E-state index is 13.5. The van der Waals surface area contributed by atoms with Crippen molar-refractivity contribution in [2.24, 2.45) is 23.2 Å². The van der Waals surface area contributed by atoms with Gasteiger partial charge in [-0.3, -0.25) is 4.79 Å². The predicted molar refractivity (Wildman–Crippen MR) is 95.4 cm³/mol. The van der Waals surface area contributed by atoms with Crippen LogP contribution < -0.4 is 0 Å². The summed E-state index contributed by atoms with van der Waals surface area (Å²) in [6.07, 6.45) is 7.22. The average molecular weight is 372 g/mol. The minimum atomic E-state index is -0.335. The van der Waals surface area contributed by atoms with E-state index in [1.165, 1.54) is 47.8 Å². The minimum Gasteiger partial charge on any atom is -0.298 e. The zero-order valence-corrected chi connectivity index (χ0v) is 15.3. The zero-order valence-electron chi connectivity index (χ0n) is 14.5. The third kappa shape index (κ3) is 2.76. The Morgan fingerprint density at radius 2 is 1.88 bits per heavy atom. The van der Waals surface area contributed by atoms with Crippen LogP contribution in [-0.4, -0.2) is 31.7 Å². The third-order valence-corrected chi connectivity index (χ3v) is 7.38. The number of carbonyl (C=O) groups excluding carboxylic acids is 1. The van der Waals surface area contributed by atoms with Crippen molar-refractivity contribution in [1.29, 1.82) is 0 Å². The van der Waals surface area contributed by atoms with Crippen LogP contribution in [0.3, 0.4) is 0 Å². The summed E-state index contributed by atoms with van der Waals surface area (Å²) in [6, 6.07) is 6.16. The number of benzene rings is 1. The molecule has 4 bridgehead atoms. The van der Waals surface area contributed by atoms with Crippen LogP contribution in [0, 0.1) is 29.0 Å². The monoisotopic (exact) mass is 372 g/mol. The number of carbonyl (C=O) groups is 1. The normalized spacial score (nSPS) is 32.1. The number of ketones is 1. The fourth-order valence-corrected chi connectivity index (χ4v) is 6.70. The number of Topliss-reactive ketones (excluding diaryl/α,β-unsaturated/α-hetero) is 1. The Labute approximate surface area is 155 Å². The predicted octanol–water partition coefficient (Wildman–Crippen LogP) is 3.68. The van der Waals surface area contributed by atoms with Gasteiger partial charge in [0.25, 0.3) is 0 Å². The topological polar surface area (TPSA) is 60.7 Å². The van der Waals surface area contributed by atoms with E-state index in [1.54, 1.807) is 12.1 Å². The largest absolute Gasteiger partial charge is 0.298 e. The first-order chi connectivity index (χ1) is 12.6. The van der Waals surface area contributed by atoms with Crippen LogP contribution in [0.2, 0.25) is 0 Å². The molecule has 0 N–H and O–H groups in total. The smallest absolute Gasteiger partial charge is 0.214 e. The van der Waals surface area contributed by atoms with Crippen molar-refractivity contribution in [2.45, 2.75) is 43.7 Å². The Balaban J connectivity index is 1.32. The number of tetrazole rings is 1. The van der Waals surface area contributed by atoms with E-state index in [1.807, 2.05) is 0 Å². The van der Waals surface area contributed by atoms with Crippen molar-refractivity contribution >= 4 is 17.5 Å². The van der Waals surface area contributed by atoms with Crippen molar-refractivity contribution in [3.63, 3.8) is 0 Å². The lowest BCUT2D eigenvalue weighted by atomic mass is 9.48. The Morgan fingerprint density at radius 1 is 1.19 bits per heavy atom. The van der Waals surface area contributed by atoms with Crippen LogP contribution in [-0.2, 0) is 4.79 Å². The molecular formula is C19H21FN4OS. The maximum Gasteiger partial charge on any atom is 0.214 e. The lowest BCUT2D eigenvalue weighted by molar-refractivity contribution is -0.141. The maximum atomic E-state index is 13.5. The van der Waals surface area contributed by atoms with Crippen molar-refractivity contribution < 1.29 is 9.18 Å². The van der Waals surface area contributed by atoms with Gasteiger partial charge in [0.15, 0.2) is 0 Å². The summed E-state index contributed by atoms with van der Waals surface area (Å²) in [5, 5.41) is 12.2. The molecule has 1 heterocycles. The first kappa shape index (κ1) is 16.4. The molecule has 4 saturated carbocycles. The highest BCUT2D eigenvalue weighted by Crippen LogP contribution is 2.60. The summed E-state index contributed by atoms with van der Waals surface area (Å²) in [7, 11) is 0. The van der Waals surface area contributed by atoms with Gasteiger partial charge in [-0.05, 0) is 84.9 Å². The summed E-state index contributed by atoms with van der Waals surface area (Å²) in [4.78, 5) is 13.1. The van der Waals surface area contributed by atoms with Crippen LogP contribution in [0.25, 0.3) is 5.69 Å². The molecule has 2 aromatic rings. The first-order valence-corrected chi connectivity index (χ1v) is 10.3. The summed E-state index contributed by atoms with van der Waals surface area (Å²) in [5.74, 6) is 2.68. The van der Waals surface area contributed by atoms with Crippen molar-refractivity contribution in [2.75, 3.05) is 5.75 Å². The minimum absolute atomic E-state index is 0.0983. The molecule has 0 amide bonds. The molecule has 4 aliphatic rings. The van der Waals surface area contributed by atoms with E-state index in [4.69, 9.17) is 0 Å². The fraction of sp³-hybridized carbons (Fsp3) is 0.579. The number of halogens is 1. The van der Waals surface area contributed by atoms with Crippen LogP contribution >= 0.6 is 11.8 Å². The quantitative estimate of drug-likeness (QED) is 0.750. The lowest BCUT2D eigenvalue weighted by Gasteiger charge is -2.56. The Bertz CT molecular complexity index is 816. The van der Waals surface area contributed by atoms with E-state index in [-0.39, 0.29) is 11.2 Å². The van der Waals surface area contributed by atoms with Crippen molar-refractivity contribution in [3.8, 4) is 5.69 Å². The van der Waals surface area contributed by atoms with Gasteiger partial charge in [-0.2, -0.15) is 4.68 Å². The number of hydrogen-bond donors (Lipinski definition) is 0. The van der Waals surface area contributed by atoms with Crippen LogP contribution in [0.15, 0.2) is 29.4 Å². The van der Waals surface area contributed by atoms with Gasteiger partial charge in [0.2, 0.25) is 5.16 Å². The highest BCUT2D eigenvalue weighted by Gasteiger charge is 2.54. The molecule has 6 rings (SSSR count). The van der Waals surface area contributed by atoms with Gasteiger partial charge in [0.1, 0.15) is 11.6 Å². The van der Waals surface area contributed by atoms with Crippen molar-refractivity contribution in [1.82, 2.24) is 20.2 Å². The van der Waals surface area contributed by atoms with E-state index in [9.17, 15) is 9.18 Å². The van der Waals surface area contributed by atoms with Gasteiger partial charge in [-0.25, -0.2) is 4.39 Å². The summed E-state index contributed by atoms with van der Waals surface area (Å²) >= 11 is 1.37. The Kier molecular flexibility index (Phi) is 3.88. The molecule has 26 heavy (non-hydrogen) atoms. The zero-order chi connectivity index (χ0) is 17.7. The van der Waals surface area contributed by atoms with Crippen LogP contribution in [0.4, 0.5) is 4.39 Å². The molecule has 0 unspecified atom stereocenters. The number of nitrogens with zero attached hydrogens (tertiary/aromatic N) is 4. The molecule has 1 aromatic carbocycles. The molecule has 0 atom stereocenters. The molecule has 4 fully saturated rings. The van der Waals surface area contributed by atoms with E-state index in [2.05, 4.69) is 15.5 Å². The number of hydrogen-bond acceptors (Lipinski definition) is 5. The second-order valence-electron chi connectivity index (χ2n) is 8.26. The van der Waals surface area contributed by atoms with Gasteiger partial charge in [0.05, 0.1) is 11.4 Å². The number of aromatic nitrogens is 4. The highest BCUT2D eigenvalue weighted by molar-refractivity contribution is 7.99. The summed E-state index contributed by atoms with van der Waals surface area (Å²) < 4.78 is 15.0. The fourth-order valence-electron chi connectivity index (χ4n) is 5.77. The van der Waals surface area contributed by atoms with E-state index >= 15 is 0 Å². The number of thioether (sulfide) groups is 1. The molecule has 5 nitrogen and oxygen atoms in total. The SMILES string of the molecule is O=C(CSc1nnnn1-c1cccc(F)c1)C12CC3CC(CC(C3)C1)C2. The van der Waals surface area contributed by atoms with Gasteiger partial charge in [-0.1, -0.05) is 17.8 Å². The molecule has 0 radical (unpaired) electrons. The van der Waals surface area contributed by atoms with E-state index in [0.717, 1.165) is 37.0 Å². The molecule has 136 valence electrons. The highest BCUT2D eigenvalue weighted by atomic mass is 32.2. The molecule has 4 aliphatic carbocycles. The second kappa shape index (κ2) is 6.15. The van der Waals surface area contributed by atoms with Crippen LogP contribution in [0.5, 0.6) is 0 Å². The van der Waals surface area contributed by atoms with E-state index < -0.39 is 0 Å². The summed E-state index contributed by atoms with van der Waals surface area (Å²) in [5.41, 5.74) is 0.471. The van der Waals surface area contributed by atoms with Crippen molar-refractivity contribution in [3.05, 3.63) is 30.1 Å². The third-order valence-electron chi connectivity index (χ3n) is 6.46. The Morgan fingerprint density at radius 3 is 2.54 bits per heavy atom. The molecule has 0 saturated heterocycles. The van der Waals surface area contributed by atoms with Gasteiger partial charge >= 0.3 is 0 Å². The molecule has 0 aliphatic heterocycles.